The Morgan fingerprint density at radius 3 is 2.00 bits per heavy atom. The average molecular weight is 504 g/mol. The van der Waals surface area contributed by atoms with E-state index in [1.807, 2.05) is 77.7 Å². The summed E-state index contributed by atoms with van der Waals surface area (Å²) in [4.78, 5) is 28.8. The highest BCUT2D eigenvalue weighted by Crippen LogP contribution is 2.41. The smallest absolute Gasteiger partial charge is 0.223 e. The van der Waals surface area contributed by atoms with Crippen molar-refractivity contribution in [2.45, 2.75) is 70.9 Å². The second-order valence-electron chi connectivity index (χ2n) is 11.3. The highest BCUT2D eigenvalue weighted by molar-refractivity contribution is 6.74. The lowest BCUT2D eigenvalue weighted by molar-refractivity contribution is -0.137. The largest absolute Gasteiger partial charge is 0.410 e. The second-order valence-corrected chi connectivity index (χ2v) is 16.1. The van der Waals surface area contributed by atoms with E-state index in [1.54, 1.807) is 6.08 Å². The van der Waals surface area contributed by atoms with Crippen molar-refractivity contribution >= 4 is 20.0 Å². The number of hydrogen-bond acceptors (Lipinski definition) is 3. The van der Waals surface area contributed by atoms with Crippen molar-refractivity contribution in [3.8, 4) is 0 Å². The fraction of sp³-hybridized carbons (Fsp3) is 0.419. The topological polar surface area (TPSA) is 46.6 Å². The zero-order valence-corrected chi connectivity index (χ0v) is 23.4. The number of nitrogens with zero attached hydrogens (tertiary/aromatic N) is 1. The Morgan fingerprint density at radius 2 is 1.53 bits per heavy atom. The van der Waals surface area contributed by atoms with Gasteiger partial charge < -0.3 is 9.33 Å². The normalized spacial score (nSPS) is 20.2. The van der Waals surface area contributed by atoms with Gasteiger partial charge in [0.05, 0.1) is 6.10 Å². The predicted octanol–water partition coefficient (Wildman–Crippen LogP) is 6.94. The van der Waals surface area contributed by atoms with Crippen LogP contribution in [-0.4, -0.2) is 31.0 Å². The van der Waals surface area contributed by atoms with Gasteiger partial charge in [-0.3, -0.25) is 9.59 Å². The van der Waals surface area contributed by atoms with Crippen LogP contribution in [0, 0.1) is 11.8 Å². The second kappa shape index (κ2) is 12.0. The van der Waals surface area contributed by atoms with Crippen LogP contribution in [-0.2, 0) is 27.1 Å². The van der Waals surface area contributed by atoms with Crippen molar-refractivity contribution in [1.29, 1.82) is 0 Å². The molecule has 4 nitrogen and oxygen atoms in total. The lowest BCUT2D eigenvalue weighted by Gasteiger charge is -2.43. The first kappa shape index (κ1) is 27.8. The molecule has 0 N–H and O–H groups in total. The van der Waals surface area contributed by atoms with Crippen LogP contribution in [0.15, 0.2) is 85.5 Å². The zero-order chi connectivity index (χ0) is 26.3. The van der Waals surface area contributed by atoms with E-state index in [-0.39, 0.29) is 35.2 Å². The maximum absolute atomic E-state index is 13.8. The summed E-state index contributed by atoms with van der Waals surface area (Å²) in [5, 5.41) is 0.0501. The van der Waals surface area contributed by atoms with Crippen molar-refractivity contribution < 1.29 is 14.0 Å². The first-order valence-electron chi connectivity index (χ1n) is 12.9. The maximum atomic E-state index is 13.8. The van der Waals surface area contributed by atoms with Crippen molar-refractivity contribution in [3.05, 3.63) is 96.6 Å². The number of rotatable bonds is 10. The molecule has 0 unspecified atom stereocenters. The highest BCUT2D eigenvalue weighted by atomic mass is 28.4. The number of carbonyl (C=O) groups is 2. The van der Waals surface area contributed by atoms with Gasteiger partial charge in [-0.05, 0) is 41.8 Å². The van der Waals surface area contributed by atoms with Gasteiger partial charge >= 0.3 is 0 Å². The first-order chi connectivity index (χ1) is 17.0. The van der Waals surface area contributed by atoms with Gasteiger partial charge in [0.1, 0.15) is 0 Å². The van der Waals surface area contributed by atoms with E-state index < -0.39 is 14.2 Å². The standard InChI is InChI=1S/C31H41NO3Si/c1-7-14-26-27(28(33)19-20-29(26)35-36(5,6)31(2,3)4)21-30(34)32(22-24-15-10-8-11-16-24)23-25-17-12-9-13-18-25/h7-13,15-20,26-27,29H,1,14,21-23H2,2-6H3/t26-,27-,29-/m1/s1. The van der Waals surface area contributed by atoms with Crippen molar-refractivity contribution in [2.75, 3.05) is 0 Å². The summed E-state index contributed by atoms with van der Waals surface area (Å²) in [5.41, 5.74) is 2.14. The van der Waals surface area contributed by atoms with Gasteiger partial charge in [0, 0.05) is 31.3 Å². The summed E-state index contributed by atoms with van der Waals surface area (Å²) >= 11 is 0. The van der Waals surface area contributed by atoms with Crippen LogP contribution in [0.3, 0.4) is 0 Å². The zero-order valence-electron chi connectivity index (χ0n) is 22.4. The first-order valence-corrected chi connectivity index (χ1v) is 15.8. The third-order valence-electron chi connectivity index (χ3n) is 7.61. The van der Waals surface area contributed by atoms with Gasteiger partial charge in [-0.1, -0.05) is 93.6 Å². The molecule has 0 bridgehead atoms. The van der Waals surface area contributed by atoms with Gasteiger partial charge in [-0.2, -0.15) is 0 Å². The van der Waals surface area contributed by atoms with Crippen molar-refractivity contribution in [1.82, 2.24) is 4.90 Å². The third-order valence-corrected chi connectivity index (χ3v) is 12.1. The van der Waals surface area contributed by atoms with E-state index in [9.17, 15) is 9.59 Å². The summed E-state index contributed by atoms with van der Waals surface area (Å²) in [6.45, 7) is 16.0. The lowest BCUT2D eigenvalue weighted by atomic mass is 9.76. The molecule has 0 spiro atoms. The molecule has 0 aromatic heterocycles. The molecule has 2 aromatic rings. The molecule has 0 saturated carbocycles. The Hall–Kier alpha value is -2.76. The maximum Gasteiger partial charge on any atom is 0.223 e. The molecule has 0 heterocycles. The van der Waals surface area contributed by atoms with Crippen LogP contribution in [0.4, 0.5) is 0 Å². The van der Waals surface area contributed by atoms with Crippen LogP contribution < -0.4 is 0 Å². The van der Waals surface area contributed by atoms with E-state index in [0.29, 0.717) is 19.5 Å². The number of benzene rings is 2. The molecule has 192 valence electrons. The summed E-state index contributed by atoms with van der Waals surface area (Å²) in [7, 11) is -2.07. The van der Waals surface area contributed by atoms with Crippen LogP contribution >= 0.6 is 0 Å². The molecule has 1 amide bonds. The third kappa shape index (κ3) is 7.14. The highest BCUT2D eigenvalue weighted by Gasteiger charge is 2.44. The van der Waals surface area contributed by atoms with E-state index in [1.165, 1.54) is 0 Å². The fourth-order valence-corrected chi connectivity index (χ4v) is 5.73. The SMILES string of the molecule is C=CC[C@H]1[C@H](O[Si](C)(C)C(C)(C)C)C=CC(=O)[C@@H]1CC(=O)N(Cc1ccccc1)Cc1ccccc1. The lowest BCUT2D eigenvalue weighted by Crippen LogP contribution is -2.48. The Labute approximate surface area is 218 Å². The number of carbonyl (C=O) groups excluding carboxylic acids is 2. The van der Waals surface area contributed by atoms with Crippen molar-refractivity contribution in [2.24, 2.45) is 11.8 Å². The monoisotopic (exact) mass is 503 g/mol. The molecule has 2 aromatic carbocycles. The molecular weight excluding hydrogens is 462 g/mol. The molecule has 1 aliphatic rings. The molecule has 0 fully saturated rings. The predicted molar refractivity (Wildman–Crippen MR) is 150 cm³/mol. The van der Waals surface area contributed by atoms with E-state index in [2.05, 4.69) is 40.4 Å². The summed E-state index contributed by atoms with van der Waals surface area (Å²) in [5.74, 6) is -0.543. The molecule has 3 rings (SSSR count). The number of amides is 1. The van der Waals surface area contributed by atoms with E-state index >= 15 is 0 Å². The summed E-state index contributed by atoms with van der Waals surface area (Å²) < 4.78 is 6.75. The van der Waals surface area contributed by atoms with Gasteiger partial charge in [0.2, 0.25) is 5.91 Å². The number of hydrogen-bond donors (Lipinski definition) is 0. The van der Waals surface area contributed by atoms with Gasteiger partial charge in [0.15, 0.2) is 14.1 Å². The minimum Gasteiger partial charge on any atom is -0.410 e. The van der Waals surface area contributed by atoms with Crippen LogP contribution in [0.2, 0.25) is 18.1 Å². The average Bonchev–Trinajstić information content (AvgIpc) is 2.83. The van der Waals surface area contributed by atoms with Gasteiger partial charge in [0.25, 0.3) is 0 Å². The molecule has 0 saturated heterocycles. The Kier molecular flexibility index (Phi) is 9.26. The van der Waals surface area contributed by atoms with Crippen LogP contribution in [0.1, 0.15) is 44.7 Å². The fourth-order valence-electron chi connectivity index (χ4n) is 4.44. The van der Waals surface area contributed by atoms with E-state index in [4.69, 9.17) is 4.43 Å². The minimum absolute atomic E-state index is 0.00431. The van der Waals surface area contributed by atoms with E-state index in [0.717, 1.165) is 11.1 Å². The van der Waals surface area contributed by atoms with Crippen molar-refractivity contribution in [3.63, 3.8) is 0 Å². The molecule has 3 atom stereocenters. The van der Waals surface area contributed by atoms with Crippen LogP contribution in [0.5, 0.6) is 0 Å². The van der Waals surface area contributed by atoms with Crippen LogP contribution in [0.25, 0.3) is 0 Å². The Morgan fingerprint density at radius 1 is 1.00 bits per heavy atom. The molecule has 5 heteroatoms. The molecule has 36 heavy (non-hydrogen) atoms. The number of ketones is 1. The summed E-state index contributed by atoms with van der Waals surface area (Å²) in [6.07, 6.45) is 5.99. The minimum atomic E-state index is -2.07. The molecule has 0 aliphatic heterocycles. The summed E-state index contributed by atoms with van der Waals surface area (Å²) in [6, 6.07) is 20.0. The Balaban J connectivity index is 1.84. The quantitative estimate of drug-likeness (QED) is 0.260. The molecular formula is C31H41NO3Si. The Bertz CT molecular complexity index is 1010. The molecule has 1 aliphatic carbocycles. The molecule has 0 radical (unpaired) electrons. The van der Waals surface area contributed by atoms with Gasteiger partial charge in [-0.25, -0.2) is 0 Å². The number of allylic oxidation sites excluding steroid dienone is 2. The van der Waals surface area contributed by atoms with Gasteiger partial charge in [-0.15, -0.1) is 6.58 Å².